The van der Waals surface area contributed by atoms with Crippen molar-refractivity contribution in [3.63, 3.8) is 0 Å². The van der Waals surface area contributed by atoms with Crippen molar-refractivity contribution in [1.82, 2.24) is 0 Å². The second-order valence-corrected chi connectivity index (χ2v) is 10.3. The van der Waals surface area contributed by atoms with Crippen LogP contribution in [0.25, 0.3) is 10.8 Å². The second kappa shape index (κ2) is 12.6. The van der Waals surface area contributed by atoms with Crippen molar-refractivity contribution >= 4 is 67.1 Å². The second-order valence-electron chi connectivity index (χ2n) is 8.09. The van der Waals surface area contributed by atoms with Crippen molar-refractivity contribution in [2.45, 2.75) is 18.7 Å². The van der Waals surface area contributed by atoms with E-state index in [-0.39, 0.29) is 57.2 Å². The first-order valence-corrected chi connectivity index (χ1v) is 13.3. The van der Waals surface area contributed by atoms with Gasteiger partial charge < -0.3 is 15.2 Å². The van der Waals surface area contributed by atoms with Gasteiger partial charge in [-0.15, -0.1) is 0 Å². The molecule has 4 aromatic carbocycles. The average Bonchev–Trinajstić information content (AvgIpc) is 2.85. The molecule has 13 heteroatoms. The Labute approximate surface area is 256 Å². The molecule has 0 bridgehead atoms. The SMILES string of the molecule is CCOc1ccc(Cl)cc1NC(=O)c1cc2ccccc2c(N=Nc2cc(S(=O)(=O)O)c(Cl)cc2C)c1[O-].[Na+]. The Hall–Kier alpha value is -2.70. The molecular weight excluding hydrogens is 576 g/mol. The molecule has 0 atom stereocenters. The number of anilines is 1. The number of fused-ring (bicyclic) bond motifs is 1. The third-order valence-electron chi connectivity index (χ3n) is 5.50. The average molecular weight is 596 g/mol. The van der Waals surface area contributed by atoms with Crippen LogP contribution in [0.1, 0.15) is 22.8 Å². The van der Waals surface area contributed by atoms with E-state index in [1.54, 1.807) is 50.2 Å². The van der Waals surface area contributed by atoms with E-state index in [9.17, 15) is 22.9 Å². The maximum atomic E-state index is 13.4. The molecule has 0 aromatic heterocycles. The molecule has 4 rings (SSSR count). The number of amides is 1. The number of benzene rings is 4. The molecule has 0 aliphatic carbocycles. The van der Waals surface area contributed by atoms with Gasteiger partial charge in [-0.1, -0.05) is 53.2 Å². The summed E-state index contributed by atoms with van der Waals surface area (Å²) in [4.78, 5) is 12.7. The van der Waals surface area contributed by atoms with Crippen LogP contribution in [-0.2, 0) is 10.1 Å². The number of hydrogen-bond acceptors (Lipinski definition) is 7. The van der Waals surface area contributed by atoms with Gasteiger partial charge in [0.2, 0.25) is 0 Å². The fourth-order valence-electron chi connectivity index (χ4n) is 3.70. The van der Waals surface area contributed by atoms with E-state index < -0.39 is 26.7 Å². The van der Waals surface area contributed by atoms with Crippen LogP contribution in [0.5, 0.6) is 11.5 Å². The third kappa shape index (κ3) is 6.90. The third-order valence-corrected chi connectivity index (χ3v) is 7.05. The number of nitrogens with zero attached hydrogens (tertiary/aromatic N) is 2. The van der Waals surface area contributed by atoms with Crippen molar-refractivity contribution < 1.29 is 57.2 Å². The first kappa shape index (κ1) is 30.8. The van der Waals surface area contributed by atoms with Gasteiger partial charge in [-0.25, -0.2) is 0 Å². The topological polar surface area (TPSA) is 140 Å². The zero-order valence-corrected chi connectivity index (χ0v) is 25.4. The van der Waals surface area contributed by atoms with Crippen LogP contribution in [0.15, 0.2) is 75.8 Å². The van der Waals surface area contributed by atoms with E-state index in [1.807, 2.05) is 0 Å². The van der Waals surface area contributed by atoms with Crippen LogP contribution in [-0.4, -0.2) is 25.5 Å². The summed E-state index contributed by atoms with van der Waals surface area (Å²) in [6, 6.07) is 15.3. The largest absolute Gasteiger partial charge is 1.00 e. The van der Waals surface area contributed by atoms with Gasteiger partial charge in [0.25, 0.3) is 16.0 Å². The number of hydrogen-bond donors (Lipinski definition) is 2. The Kier molecular flexibility index (Phi) is 10.0. The molecule has 0 saturated carbocycles. The number of azo groups is 1. The Morgan fingerprint density at radius 1 is 1.08 bits per heavy atom. The normalized spacial score (nSPS) is 11.4. The molecule has 2 N–H and O–H groups in total. The van der Waals surface area contributed by atoms with E-state index >= 15 is 0 Å². The van der Waals surface area contributed by atoms with E-state index in [1.165, 1.54) is 18.2 Å². The number of halogens is 2. The zero-order valence-electron chi connectivity index (χ0n) is 21.0. The summed E-state index contributed by atoms with van der Waals surface area (Å²) >= 11 is 12.0. The van der Waals surface area contributed by atoms with Gasteiger partial charge in [-0.2, -0.15) is 18.6 Å². The number of carbonyl (C=O) groups is 1. The maximum absolute atomic E-state index is 13.4. The maximum Gasteiger partial charge on any atom is 1.00 e. The number of carbonyl (C=O) groups excluding carboxylic acids is 1. The van der Waals surface area contributed by atoms with E-state index in [0.717, 1.165) is 6.07 Å². The minimum Gasteiger partial charge on any atom is -0.870 e. The van der Waals surface area contributed by atoms with Crippen molar-refractivity contribution in [3.05, 3.63) is 81.8 Å². The first-order valence-electron chi connectivity index (χ1n) is 11.2. The number of nitrogens with one attached hydrogen (secondary N) is 1. The molecule has 0 spiro atoms. The molecule has 0 fully saturated rings. The van der Waals surface area contributed by atoms with Crippen molar-refractivity contribution in [1.29, 1.82) is 0 Å². The van der Waals surface area contributed by atoms with Crippen molar-refractivity contribution in [2.24, 2.45) is 10.2 Å². The van der Waals surface area contributed by atoms with Gasteiger partial charge in [0.1, 0.15) is 10.6 Å². The molecule has 0 heterocycles. The van der Waals surface area contributed by atoms with Crippen LogP contribution < -0.4 is 44.7 Å². The molecule has 196 valence electrons. The molecular formula is C26H20Cl2N3NaO6S. The molecule has 9 nitrogen and oxygen atoms in total. The zero-order chi connectivity index (χ0) is 27.6. The van der Waals surface area contributed by atoms with Crippen LogP contribution in [0, 0.1) is 6.92 Å². The summed E-state index contributed by atoms with van der Waals surface area (Å²) in [5.74, 6) is -1.03. The molecule has 4 aromatic rings. The number of rotatable bonds is 7. The summed E-state index contributed by atoms with van der Waals surface area (Å²) in [5, 5.41) is 25.4. The van der Waals surface area contributed by atoms with Gasteiger partial charge in [-0.05, 0) is 61.2 Å². The van der Waals surface area contributed by atoms with Crippen LogP contribution in [0.2, 0.25) is 10.0 Å². The van der Waals surface area contributed by atoms with Gasteiger partial charge in [0.05, 0.1) is 28.7 Å². The Morgan fingerprint density at radius 3 is 2.49 bits per heavy atom. The summed E-state index contributed by atoms with van der Waals surface area (Å²) < 4.78 is 38.3. The minimum atomic E-state index is -4.63. The Bertz CT molecular complexity index is 1710. The van der Waals surface area contributed by atoms with E-state index in [0.29, 0.717) is 33.7 Å². The predicted molar refractivity (Wildman–Crippen MR) is 144 cm³/mol. The molecule has 0 aliphatic rings. The predicted octanol–water partition coefficient (Wildman–Crippen LogP) is 3.85. The molecule has 0 radical (unpaired) electrons. The molecule has 1 amide bonds. The molecule has 0 saturated heterocycles. The Morgan fingerprint density at radius 2 is 1.79 bits per heavy atom. The van der Waals surface area contributed by atoms with Crippen molar-refractivity contribution in [2.75, 3.05) is 11.9 Å². The van der Waals surface area contributed by atoms with Crippen LogP contribution >= 0.6 is 23.2 Å². The van der Waals surface area contributed by atoms with Gasteiger partial charge in [-0.3, -0.25) is 9.35 Å². The van der Waals surface area contributed by atoms with Crippen LogP contribution in [0.4, 0.5) is 17.1 Å². The molecule has 39 heavy (non-hydrogen) atoms. The Balaban J connectivity index is 0.00000420. The smallest absolute Gasteiger partial charge is 0.870 e. The number of aryl methyl sites for hydroxylation is 1. The van der Waals surface area contributed by atoms with Gasteiger partial charge >= 0.3 is 29.6 Å². The summed E-state index contributed by atoms with van der Waals surface area (Å²) in [7, 11) is -4.63. The molecule has 0 unspecified atom stereocenters. The molecule has 0 aliphatic heterocycles. The number of ether oxygens (including phenoxy) is 1. The van der Waals surface area contributed by atoms with E-state index in [2.05, 4.69) is 15.5 Å². The fourth-order valence-corrected chi connectivity index (χ4v) is 4.95. The monoisotopic (exact) mass is 595 g/mol. The summed E-state index contributed by atoms with van der Waals surface area (Å²) in [6.45, 7) is 3.74. The summed E-state index contributed by atoms with van der Waals surface area (Å²) in [6.07, 6.45) is 0. The van der Waals surface area contributed by atoms with E-state index in [4.69, 9.17) is 27.9 Å². The van der Waals surface area contributed by atoms with Crippen molar-refractivity contribution in [3.8, 4) is 11.5 Å². The first-order chi connectivity index (χ1) is 18.0. The minimum absolute atomic E-state index is 0. The quantitative estimate of drug-likeness (QED) is 0.189. The van der Waals surface area contributed by atoms with Crippen LogP contribution in [0.3, 0.4) is 0 Å². The fraction of sp³-hybridized carbons (Fsp3) is 0.115. The van der Waals surface area contributed by atoms with Gasteiger partial charge in [0.15, 0.2) is 0 Å². The summed E-state index contributed by atoms with van der Waals surface area (Å²) in [5.41, 5.74) is 0.454. The van der Waals surface area contributed by atoms with Gasteiger partial charge in [0, 0.05) is 16.0 Å². The standard InChI is InChI=1S/C26H21Cl2N3O6S.Na/c1-3-37-22-9-8-16(27)12-21(22)29-26(33)18-11-15-6-4-5-7-17(15)24(25(18)32)31-30-20-13-23(38(34,35)36)19(28)10-14(20)2;/h4-13,32H,3H2,1-2H3,(H,29,33)(H,34,35,36);/q;+1/p-1.